The molecule has 3 heteroatoms. The Hall–Kier alpha value is -0.570. The predicted molar refractivity (Wildman–Crippen MR) is 46.9 cm³/mol. The molecule has 0 bridgehead atoms. The average molecular weight is 174 g/mol. The first-order valence-corrected chi connectivity index (χ1v) is 4.60. The number of nitrogens with zero attached hydrogens (tertiary/aromatic N) is 1. The van der Waals surface area contributed by atoms with Crippen LogP contribution in [0.3, 0.4) is 0 Å². The van der Waals surface area contributed by atoms with Crippen molar-refractivity contribution in [2.24, 2.45) is 0 Å². The van der Waals surface area contributed by atoms with Crippen LogP contribution < -0.4 is 0 Å². The van der Waals surface area contributed by atoms with Crippen LogP contribution in [0.15, 0.2) is 0 Å². The van der Waals surface area contributed by atoms with Gasteiger partial charge >= 0.3 is 5.97 Å². The van der Waals surface area contributed by atoms with E-state index in [1.54, 1.807) is 0 Å². The van der Waals surface area contributed by atoms with Gasteiger partial charge in [0.05, 0.1) is 13.0 Å². The monoisotopic (exact) mass is 174 g/mol. The molecule has 1 heterocycles. The van der Waals surface area contributed by atoms with Gasteiger partial charge in [0.25, 0.3) is 0 Å². The van der Waals surface area contributed by atoms with Crippen LogP contribution in [0, 0.1) is 0 Å². The van der Waals surface area contributed by atoms with E-state index >= 15 is 0 Å². The summed E-state index contributed by atoms with van der Waals surface area (Å²) in [5.41, 5.74) is 0. The lowest BCUT2D eigenvalue weighted by molar-refractivity contribution is -0.144. The molecule has 0 amide bonds. The largest absolute Gasteiger partial charge is 0.466 e. The number of hydrogen-bond acceptors (Lipinski definition) is 3. The van der Waals surface area contributed by atoms with Crippen LogP contribution in [0.2, 0.25) is 0 Å². The van der Waals surface area contributed by atoms with E-state index < -0.39 is 0 Å². The van der Waals surface area contributed by atoms with Gasteiger partial charge in [0.2, 0.25) is 0 Å². The van der Waals surface area contributed by atoms with Crippen LogP contribution in [0.5, 0.6) is 0 Å². The highest BCUT2D eigenvalue weighted by Gasteiger charge is 2.23. The summed E-state index contributed by atoms with van der Waals surface area (Å²) in [6, 6.07) is 0.420. The highest BCUT2D eigenvalue weighted by molar-refractivity contribution is 5.70. The summed E-state index contributed by atoms with van der Waals surface area (Å²) in [4.78, 5) is 13.3. The molecule has 0 aliphatic carbocycles. The maximum absolute atomic E-state index is 11.1. The van der Waals surface area contributed by atoms with Crippen LogP contribution in [-0.4, -0.2) is 37.1 Å². The van der Waals surface area contributed by atoms with Gasteiger partial charge in [-0.15, -0.1) is 0 Å². The van der Waals surface area contributed by atoms with Gasteiger partial charge in [0.1, 0.15) is 0 Å². The maximum Gasteiger partial charge on any atom is 0.307 e. The molecule has 1 aliphatic heterocycles. The Bertz CT molecular complexity index is 159. The van der Waals surface area contributed by atoms with Gasteiger partial charge in [-0.05, 0) is 33.4 Å². The average Bonchev–Trinajstić information content (AvgIpc) is 2.37. The molecule has 0 unspecified atom stereocenters. The third-order valence-corrected chi connectivity index (χ3v) is 2.38. The molecule has 1 rings (SSSR count). The number of carbonyl (C=O) groups is 1. The zero-order chi connectivity index (χ0) is 8.97. The summed E-state index contributed by atoms with van der Waals surface area (Å²) in [6.07, 6.45) is 2.90. The third kappa shape index (κ3) is 2.48. The minimum Gasteiger partial charge on any atom is -0.466 e. The van der Waals surface area contributed by atoms with Crippen molar-refractivity contribution in [3.8, 4) is 0 Å². The second-order valence-electron chi connectivity index (χ2n) is 3.29. The Morgan fingerprint density at radius 3 is 3.00 bits per heavy atom. The molecule has 70 valence electrons. The molecule has 3 nitrogen and oxygen atoms in total. The molecule has 0 aromatic heterocycles. The summed E-state index contributed by atoms with van der Waals surface area (Å²) >= 11 is 0. The van der Waals surface area contributed by atoms with E-state index in [1.807, 2.05) is 6.92 Å². The molecule has 0 spiro atoms. The summed E-state index contributed by atoms with van der Waals surface area (Å²) in [5, 5.41) is 0. The van der Waals surface area contributed by atoms with Crippen molar-refractivity contribution >= 4 is 5.97 Å². The van der Waals surface area contributed by atoms with Crippen LogP contribution in [-0.2, 0) is 9.53 Å². The van der Waals surface area contributed by atoms with Crippen LogP contribution in [0.25, 0.3) is 0 Å². The lowest BCUT2D eigenvalue weighted by Crippen LogP contribution is -2.28. The highest BCUT2D eigenvalue weighted by Crippen LogP contribution is 2.17. The summed E-state index contributed by atoms with van der Waals surface area (Å²) in [6.45, 7) is 3.45. The number of carbonyl (C=O) groups excluding carboxylic acids is 1. The lowest BCUT2D eigenvalue weighted by atomic mass is 10.3. The molecular formula is C9H17NO2. The van der Waals surface area contributed by atoms with Crippen molar-refractivity contribution < 1.29 is 9.53 Å². The van der Waals surface area contributed by atoms with Gasteiger partial charge in [-0.25, -0.2) is 0 Å². The van der Waals surface area contributed by atoms with Crippen molar-refractivity contribution in [1.82, 2.24) is 4.90 Å². The lowest BCUT2D eigenvalue weighted by Gasteiger charge is -2.17. The van der Waals surface area contributed by atoms with E-state index in [-0.39, 0.29) is 5.97 Å². The van der Waals surface area contributed by atoms with E-state index in [0.717, 1.165) is 13.0 Å². The number of hydrogen-bond donors (Lipinski definition) is 0. The van der Waals surface area contributed by atoms with Crippen molar-refractivity contribution in [3.05, 3.63) is 0 Å². The summed E-state index contributed by atoms with van der Waals surface area (Å²) in [7, 11) is 2.07. The van der Waals surface area contributed by atoms with E-state index in [0.29, 0.717) is 19.1 Å². The first-order chi connectivity index (χ1) is 5.74. The Balaban J connectivity index is 2.25. The Morgan fingerprint density at radius 2 is 2.50 bits per heavy atom. The number of likely N-dealkylation sites (tertiary alicyclic amines) is 1. The Morgan fingerprint density at radius 1 is 1.75 bits per heavy atom. The Kier molecular flexibility index (Phi) is 3.53. The third-order valence-electron chi connectivity index (χ3n) is 2.38. The molecule has 1 aliphatic rings. The summed E-state index contributed by atoms with van der Waals surface area (Å²) < 4.78 is 4.89. The minimum atomic E-state index is -0.0590. The molecule has 0 aromatic carbocycles. The smallest absolute Gasteiger partial charge is 0.307 e. The van der Waals surface area contributed by atoms with Crippen LogP contribution in [0.1, 0.15) is 26.2 Å². The first-order valence-electron chi connectivity index (χ1n) is 4.60. The standard InChI is InChI=1S/C9H17NO2/c1-3-12-9(11)7-8-5-4-6-10(8)2/h8H,3-7H2,1-2H3/t8-/m1/s1/i7+2,9+1. The Labute approximate surface area is 73.7 Å². The van der Waals surface area contributed by atoms with Crippen molar-refractivity contribution in [2.75, 3.05) is 20.2 Å². The zero-order valence-corrected chi connectivity index (χ0v) is 7.88. The fourth-order valence-electron chi connectivity index (χ4n) is 1.65. The van der Waals surface area contributed by atoms with Gasteiger partial charge in [0, 0.05) is 6.04 Å². The molecule has 0 saturated carbocycles. The van der Waals surface area contributed by atoms with E-state index in [9.17, 15) is 4.79 Å². The van der Waals surface area contributed by atoms with Crippen molar-refractivity contribution in [3.63, 3.8) is 0 Å². The van der Waals surface area contributed by atoms with Gasteiger partial charge in [-0.2, -0.15) is 0 Å². The minimum absolute atomic E-state index is 0.0590. The molecule has 0 radical (unpaired) electrons. The van der Waals surface area contributed by atoms with E-state index in [2.05, 4.69) is 11.9 Å². The predicted octanol–water partition coefficient (Wildman–Crippen LogP) is 1.03. The zero-order valence-electron chi connectivity index (χ0n) is 7.88. The number of esters is 1. The molecular weight excluding hydrogens is 157 g/mol. The summed E-state index contributed by atoms with van der Waals surface area (Å²) in [5.74, 6) is -0.0590. The topological polar surface area (TPSA) is 29.5 Å². The first kappa shape index (κ1) is 9.52. The second-order valence-corrected chi connectivity index (χ2v) is 3.29. The van der Waals surface area contributed by atoms with E-state index in [4.69, 9.17) is 4.74 Å². The van der Waals surface area contributed by atoms with Gasteiger partial charge in [-0.1, -0.05) is 0 Å². The molecule has 1 fully saturated rings. The second kappa shape index (κ2) is 4.45. The molecule has 0 N–H and O–H groups in total. The molecule has 1 atom stereocenters. The molecule has 0 aromatic rings. The van der Waals surface area contributed by atoms with Crippen LogP contribution in [0.4, 0.5) is 0 Å². The van der Waals surface area contributed by atoms with Gasteiger partial charge in [-0.3, -0.25) is 4.79 Å². The number of ether oxygens (including phenoxy) is 1. The highest BCUT2D eigenvalue weighted by atomic mass is 16.6. The van der Waals surface area contributed by atoms with E-state index in [1.165, 1.54) is 6.42 Å². The fourth-order valence-corrected chi connectivity index (χ4v) is 1.65. The quantitative estimate of drug-likeness (QED) is 0.473. The number of rotatable bonds is 3. The van der Waals surface area contributed by atoms with Gasteiger partial charge < -0.3 is 9.64 Å². The fraction of sp³-hybridized carbons (Fsp3) is 0.889. The molecule has 12 heavy (non-hydrogen) atoms. The molecule has 1 saturated heterocycles. The maximum atomic E-state index is 11.1. The van der Waals surface area contributed by atoms with Gasteiger partial charge in [0.15, 0.2) is 0 Å². The van der Waals surface area contributed by atoms with Crippen molar-refractivity contribution in [1.29, 1.82) is 0 Å². The SMILES string of the molecule is CCO[13C](=O)[14CH2][C@H]1CCCN1C. The normalized spacial score (nSPS) is 24.3. The van der Waals surface area contributed by atoms with Crippen molar-refractivity contribution in [2.45, 2.75) is 32.2 Å². The van der Waals surface area contributed by atoms with Crippen LogP contribution >= 0.6 is 0 Å².